The standard InChI is InChI=1S/C21H19N3O4/c22-21(26)19(12-14-6-9-18(10-7-14)24(27)28)23-20(25)13-15-5-8-16-3-1-2-4-17(16)11-15/h1-11,19H,12-13H2,(H2,22,26)(H,23,25)/t19-/m0/s1. The molecule has 0 fully saturated rings. The number of nitrogens with zero attached hydrogens (tertiary/aromatic N) is 1. The van der Waals surface area contributed by atoms with Gasteiger partial charge in [0.05, 0.1) is 11.3 Å². The number of fused-ring (bicyclic) bond motifs is 1. The topological polar surface area (TPSA) is 115 Å². The quantitative estimate of drug-likeness (QED) is 0.486. The van der Waals surface area contributed by atoms with Crippen molar-refractivity contribution in [3.8, 4) is 0 Å². The van der Waals surface area contributed by atoms with Gasteiger partial charge in [-0.25, -0.2) is 0 Å². The number of hydrogen-bond acceptors (Lipinski definition) is 4. The van der Waals surface area contributed by atoms with Crippen LogP contribution in [0.4, 0.5) is 5.69 Å². The third-order valence-electron chi connectivity index (χ3n) is 4.44. The Balaban J connectivity index is 1.66. The Morgan fingerprint density at radius 3 is 2.25 bits per heavy atom. The van der Waals surface area contributed by atoms with Crippen molar-refractivity contribution in [2.24, 2.45) is 5.73 Å². The summed E-state index contributed by atoms with van der Waals surface area (Å²) >= 11 is 0. The molecule has 142 valence electrons. The van der Waals surface area contributed by atoms with Crippen LogP contribution in [-0.4, -0.2) is 22.8 Å². The van der Waals surface area contributed by atoms with E-state index in [4.69, 9.17) is 5.73 Å². The van der Waals surface area contributed by atoms with Gasteiger partial charge in [0.25, 0.3) is 5.69 Å². The van der Waals surface area contributed by atoms with E-state index in [0.29, 0.717) is 5.56 Å². The first-order chi connectivity index (χ1) is 13.4. The number of non-ortho nitro benzene ring substituents is 1. The lowest BCUT2D eigenvalue weighted by molar-refractivity contribution is -0.384. The van der Waals surface area contributed by atoms with E-state index in [0.717, 1.165) is 16.3 Å². The summed E-state index contributed by atoms with van der Waals surface area (Å²) in [5, 5.41) is 15.5. The lowest BCUT2D eigenvalue weighted by Crippen LogP contribution is -2.46. The van der Waals surface area contributed by atoms with E-state index in [2.05, 4.69) is 5.32 Å². The van der Waals surface area contributed by atoms with Crippen LogP contribution >= 0.6 is 0 Å². The average Bonchev–Trinajstić information content (AvgIpc) is 2.67. The van der Waals surface area contributed by atoms with Crippen molar-refractivity contribution < 1.29 is 14.5 Å². The van der Waals surface area contributed by atoms with Gasteiger partial charge in [-0.1, -0.05) is 54.6 Å². The van der Waals surface area contributed by atoms with Crippen LogP contribution in [0.25, 0.3) is 10.8 Å². The molecule has 0 bridgehead atoms. The third kappa shape index (κ3) is 4.70. The normalized spacial score (nSPS) is 11.7. The summed E-state index contributed by atoms with van der Waals surface area (Å²) in [5.74, 6) is -0.980. The van der Waals surface area contributed by atoms with E-state index in [1.807, 2.05) is 42.5 Å². The maximum atomic E-state index is 12.4. The van der Waals surface area contributed by atoms with Crippen molar-refractivity contribution in [1.29, 1.82) is 0 Å². The number of carbonyl (C=O) groups is 2. The predicted octanol–water partition coefficient (Wildman–Crippen LogP) is 2.50. The minimum atomic E-state index is -0.894. The van der Waals surface area contributed by atoms with Gasteiger partial charge in [-0.05, 0) is 21.9 Å². The number of benzene rings is 3. The van der Waals surface area contributed by atoms with Crippen molar-refractivity contribution in [3.63, 3.8) is 0 Å². The zero-order valence-electron chi connectivity index (χ0n) is 15.0. The Labute approximate surface area is 161 Å². The molecular weight excluding hydrogens is 358 g/mol. The van der Waals surface area contributed by atoms with Gasteiger partial charge in [-0.2, -0.15) is 0 Å². The second-order valence-corrected chi connectivity index (χ2v) is 6.51. The highest BCUT2D eigenvalue weighted by atomic mass is 16.6. The average molecular weight is 377 g/mol. The SMILES string of the molecule is NC(=O)[C@H](Cc1ccc([N+](=O)[O-])cc1)NC(=O)Cc1ccc2ccccc2c1. The Morgan fingerprint density at radius 2 is 1.61 bits per heavy atom. The molecule has 0 radical (unpaired) electrons. The van der Waals surface area contributed by atoms with E-state index < -0.39 is 16.9 Å². The minimum absolute atomic E-state index is 0.0419. The second kappa shape index (κ2) is 8.30. The zero-order valence-corrected chi connectivity index (χ0v) is 15.0. The summed E-state index contributed by atoms with van der Waals surface area (Å²) in [6.07, 6.45) is 0.283. The van der Waals surface area contributed by atoms with Crippen LogP contribution in [0.1, 0.15) is 11.1 Å². The largest absolute Gasteiger partial charge is 0.368 e. The van der Waals surface area contributed by atoms with Crippen LogP contribution in [0.5, 0.6) is 0 Å². The van der Waals surface area contributed by atoms with Crippen LogP contribution in [0, 0.1) is 10.1 Å². The fourth-order valence-corrected chi connectivity index (χ4v) is 2.99. The van der Waals surface area contributed by atoms with Gasteiger partial charge < -0.3 is 11.1 Å². The fourth-order valence-electron chi connectivity index (χ4n) is 2.99. The van der Waals surface area contributed by atoms with Gasteiger partial charge in [0, 0.05) is 18.6 Å². The van der Waals surface area contributed by atoms with E-state index in [1.165, 1.54) is 12.1 Å². The Bertz CT molecular complexity index is 1030. The molecule has 0 heterocycles. The molecule has 0 spiro atoms. The zero-order chi connectivity index (χ0) is 20.1. The highest BCUT2D eigenvalue weighted by molar-refractivity contribution is 5.89. The molecule has 3 aromatic rings. The summed E-state index contributed by atoms with van der Waals surface area (Å²) in [5.41, 5.74) is 6.87. The molecule has 3 rings (SSSR count). The molecule has 7 heteroatoms. The molecule has 7 nitrogen and oxygen atoms in total. The number of primary amides is 1. The number of carbonyl (C=O) groups excluding carboxylic acids is 2. The fraction of sp³-hybridized carbons (Fsp3) is 0.143. The third-order valence-corrected chi connectivity index (χ3v) is 4.44. The molecule has 3 aromatic carbocycles. The number of hydrogen-bond donors (Lipinski definition) is 2. The molecule has 0 aliphatic carbocycles. The Hall–Kier alpha value is -3.74. The number of nitro groups is 1. The summed E-state index contributed by atoms with van der Waals surface area (Å²) < 4.78 is 0. The molecular formula is C21H19N3O4. The molecule has 0 aliphatic rings. The first kappa shape index (κ1) is 19.0. The summed E-state index contributed by atoms with van der Waals surface area (Å²) in [6, 6.07) is 18.5. The lowest BCUT2D eigenvalue weighted by atomic mass is 10.0. The maximum Gasteiger partial charge on any atom is 0.269 e. The number of nitro benzene ring substituents is 1. The van der Waals surface area contributed by atoms with E-state index in [1.54, 1.807) is 12.1 Å². The van der Waals surface area contributed by atoms with Crippen molar-refractivity contribution in [2.75, 3.05) is 0 Å². The van der Waals surface area contributed by atoms with Gasteiger partial charge in [0.1, 0.15) is 6.04 Å². The van der Waals surface area contributed by atoms with Crippen molar-refractivity contribution in [2.45, 2.75) is 18.9 Å². The van der Waals surface area contributed by atoms with E-state index in [-0.39, 0.29) is 24.4 Å². The molecule has 0 saturated carbocycles. The van der Waals surface area contributed by atoms with Gasteiger partial charge in [0.2, 0.25) is 11.8 Å². The van der Waals surface area contributed by atoms with Gasteiger partial charge >= 0.3 is 0 Å². The molecule has 2 amide bonds. The van der Waals surface area contributed by atoms with Crippen molar-refractivity contribution >= 4 is 28.3 Å². The molecule has 0 unspecified atom stereocenters. The Morgan fingerprint density at radius 1 is 0.964 bits per heavy atom. The van der Waals surface area contributed by atoms with Gasteiger partial charge in [-0.15, -0.1) is 0 Å². The van der Waals surface area contributed by atoms with Crippen LogP contribution in [0.3, 0.4) is 0 Å². The molecule has 1 atom stereocenters. The van der Waals surface area contributed by atoms with Crippen molar-refractivity contribution in [1.82, 2.24) is 5.32 Å². The second-order valence-electron chi connectivity index (χ2n) is 6.51. The highest BCUT2D eigenvalue weighted by Gasteiger charge is 2.19. The molecule has 0 aromatic heterocycles. The molecule has 0 aliphatic heterocycles. The lowest BCUT2D eigenvalue weighted by Gasteiger charge is -2.16. The van der Waals surface area contributed by atoms with E-state index in [9.17, 15) is 19.7 Å². The summed E-state index contributed by atoms with van der Waals surface area (Å²) in [6.45, 7) is 0. The van der Waals surface area contributed by atoms with Crippen LogP contribution in [0.2, 0.25) is 0 Å². The van der Waals surface area contributed by atoms with Gasteiger partial charge in [-0.3, -0.25) is 19.7 Å². The number of amides is 2. The molecule has 28 heavy (non-hydrogen) atoms. The first-order valence-corrected chi connectivity index (χ1v) is 8.72. The minimum Gasteiger partial charge on any atom is -0.368 e. The number of nitrogens with one attached hydrogen (secondary N) is 1. The van der Waals surface area contributed by atoms with E-state index >= 15 is 0 Å². The monoisotopic (exact) mass is 377 g/mol. The number of nitrogens with two attached hydrogens (primary N) is 1. The molecule has 3 N–H and O–H groups in total. The molecule has 0 saturated heterocycles. The first-order valence-electron chi connectivity index (χ1n) is 8.72. The number of rotatable bonds is 7. The maximum absolute atomic E-state index is 12.4. The van der Waals surface area contributed by atoms with Gasteiger partial charge in [0.15, 0.2) is 0 Å². The van der Waals surface area contributed by atoms with Crippen LogP contribution < -0.4 is 11.1 Å². The van der Waals surface area contributed by atoms with Crippen LogP contribution in [0.15, 0.2) is 66.7 Å². The summed E-state index contributed by atoms with van der Waals surface area (Å²) in [4.78, 5) is 34.3. The summed E-state index contributed by atoms with van der Waals surface area (Å²) in [7, 11) is 0. The smallest absolute Gasteiger partial charge is 0.269 e. The van der Waals surface area contributed by atoms with Crippen LogP contribution in [-0.2, 0) is 22.4 Å². The Kier molecular flexibility index (Phi) is 5.64. The highest BCUT2D eigenvalue weighted by Crippen LogP contribution is 2.16. The van der Waals surface area contributed by atoms with Crippen molar-refractivity contribution in [3.05, 3.63) is 88.0 Å². The predicted molar refractivity (Wildman–Crippen MR) is 106 cm³/mol.